The second kappa shape index (κ2) is 5.61. The van der Waals surface area contributed by atoms with E-state index in [1.165, 1.54) is 0 Å². The second-order valence-electron chi connectivity index (χ2n) is 6.65. The molecule has 0 amide bonds. The average Bonchev–Trinajstić information content (AvgIpc) is 2.40. The molecule has 1 unspecified atom stereocenters. The van der Waals surface area contributed by atoms with E-state index in [4.69, 9.17) is 0 Å². The molecule has 118 valence electrons. The first kappa shape index (κ1) is 16.3. The van der Waals surface area contributed by atoms with Crippen molar-refractivity contribution < 1.29 is 13.2 Å². The zero-order chi connectivity index (χ0) is 15.7. The van der Waals surface area contributed by atoms with Crippen molar-refractivity contribution in [2.24, 2.45) is 0 Å². The Hall–Kier alpha value is -1.07. The van der Waals surface area contributed by atoms with Crippen LogP contribution < -0.4 is 5.32 Å². The van der Waals surface area contributed by atoms with E-state index in [1.807, 2.05) is 49.1 Å². The standard InChI is InChI=1S/C16H23F3N2/c1-14(2)11-20-15(3,13-7-5-4-6-8-13)12-21(14)10-9-16(17,18)19/h4-8,20H,9-12H2,1-3H3. The highest BCUT2D eigenvalue weighted by Gasteiger charge is 2.42. The SMILES string of the molecule is CC1(c2ccccc2)CN(CCC(F)(F)F)C(C)(C)CN1. The van der Waals surface area contributed by atoms with Crippen molar-refractivity contribution in [2.45, 2.75) is 44.4 Å². The number of alkyl halides is 3. The Morgan fingerprint density at radius 2 is 1.76 bits per heavy atom. The zero-order valence-electron chi connectivity index (χ0n) is 12.8. The maximum Gasteiger partial charge on any atom is 0.390 e. The molecule has 2 rings (SSSR count). The summed E-state index contributed by atoms with van der Waals surface area (Å²) in [6.45, 7) is 7.30. The fourth-order valence-electron chi connectivity index (χ4n) is 2.82. The van der Waals surface area contributed by atoms with Gasteiger partial charge in [-0.25, -0.2) is 0 Å². The quantitative estimate of drug-likeness (QED) is 0.918. The molecule has 1 aromatic carbocycles. The molecule has 1 atom stereocenters. The van der Waals surface area contributed by atoms with Crippen LogP contribution in [0.25, 0.3) is 0 Å². The Labute approximate surface area is 124 Å². The largest absolute Gasteiger partial charge is 0.390 e. The Bertz CT molecular complexity index is 470. The summed E-state index contributed by atoms with van der Waals surface area (Å²) in [5, 5.41) is 3.51. The van der Waals surface area contributed by atoms with Crippen molar-refractivity contribution >= 4 is 0 Å². The smallest absolute Gasteiger partial charge is 0.305 e. The van der Waals surface area contributed by atoms with Gasteiger partial charge in [-0.1, -0.05) is 30.3 Å². The third-order valence-corrected chi connectivity index (χ3v) is 4.35. The molecule has 1 aliphatic heterocycles. The van der Waals surface area contributed by atoms with Crippen LogP contribution in [-0.4, -0.2) is 36.2 Å². The number of piperazine rings is 1. The maximum atomic E-state index is 12.5. The minimum atomic E-state index is -4.11. The molecule has 0 spiro atoms. The Balaban J connectivity index is 2.15. The molecule has 0 radical (unpaired) electrons. The van der Waals surface area contributed by atoms with Crippen LogP contribution in [0, 0.1) is 0 Å². The van der Waals surface area contributed by atoms with Crippen LogP contribution in [0.15, 0.2) is 30.3 Å². The van der Waals surface area contributed by atoms with Gasteiger partial charge >= 0.3 is 6.18 Å². The minimum Gasteiger partial charge on any atom is -0.305 e. The first-order chi connectivity index (χ1) is 9.62. The number of nitrogens with zero attached hydrogens (tertiary/aromatic N) is 1. The van der Waals surface area contributed by atoms with Crippen molar-refractivity contribution in [3.05, 3.63) is 35.9 Å². The lowest BCUT2D eigenvalue weighted by atomic mass is 9.85. The van der Waals surface area contributed by atoms with E-state index in [0.29, 0.717) is 13.1 Å². The molecule has 1 fully saturated rings. The molecule has 1 aromatic rings. The van der Waals surface area contributed by atoms with Gasteiger partial charge in [-0.15, -0.1) is 0 Å². The summed E-state index contributed by atoms with van der Waals surface area (Å²) >= 11 is 0. The third-order valence-electron chi connectivity index (χ3n) is 4.35. The monoisotopic (exact) mass is 300 g/mol. The summed E-state index contributed by atoms with van der Waals surface area (Å²) in [5.41, 5.74) is 0.513. The van der Waals surface area contributed by atoms with Crippen LogP contribution >= 0.6 is 0 Å². The number of benzene rings is 1. The molecule has 1 saturated heterocycles. The van der Waals surface area contributed by atoms with Gasteiger partial charge in [0.2, 0.25) is 0 Å². The highest BCUT2D eigenvalue weighted by atomic mass is 19.4. The molecule has 0 saturated carbocycles. The molecule has 0 aliphatic carbocycles. The van der Waals surface area contributed by atoms with Gasteiger partial charge in [-0.2, -0.15) is 13.2 Å². The van der Waals surface area contributed by atoms with Crippen molar-refractivity contribution in [1.82, 2.24) is 10.2 Å². The van der Waals surface area contributed by atoms with Crippen LogP contribution in [0.5, 0.6) is 0 Å². The average molecular weight is 300 g/mol. The van der Waals surface area contributed by atoms with Gasteiger partial charge in [0, 0.05) is 25.2 Å². The first-order valence-corrected chi connectivity index (χ1v) is 7.25. The van der Waals surface area contributed by atoms with Crippen LogP contribution in [0.4, 0.5) is 13.2 Å². The van der Waals surface area contributed by atoms with E-state index < -0.39 is 12.6 Å². The van der Waals surface area contributed by atoms with Gasteiger partial charge in [0.15, 0.2) is 0 Å². The summed E-state index contributed by atoms with van der Waals surface area (Å²) in [5.74, 6) is 0. The topological polar surface area (TPSA) is 15.3 Å². The first-order valence-electron chi connectivity index (χ1n) is 7.25. The van der Waals surface area contributed by atoms with Gasteiger partial charge in [0.25, 0.3) is 0 Å². The molecule has 1 N–H and O–H groups in total. The fourth-order valence-corrected chi connectivity index (χ4v) is 2.82. The minimum absolute atomic E-state index is 0.0423. The molecular weight excluding hydrogens is 277 g/mol. The predicted octanol–water partition coefficient (Wildman–Crippen LogP) is 3.54. The molecule has 0 aromatic heterocycles. The Morgan fingerprint density at radius 1 is 1.14 bits per heavy atom. The van der Waals surface area contributed by atoms with E-state index >= 15 is 0 Å². The van der Waals surface area contributed by atoms with E-state index in [9.17, 15) is 13.2 Å². The van der Waals surface area contributed by atoms with Crippen LogP contribution in [0.1, 0.15) is 32.8 Å². The third kappa shape index (κ3) is 3.98. The van der Waals surface area contributed by atoms with Crippen LogP contribution in [-0.2, 0) is 5.54 Å². The number of rotatable bonds is 3. The van der Waals surface area contributed by atoms with Gasteiger partial charge in [0.05, 0.1) is 12.0 Å². The van der Waals surface area contributed by atoms with Crippen molar-refractivity contribution in [1.29, 1.82) is 0 Å². The van der Waals surface area contributed by atoms with E-state index in [-0.39, 0.29) is 17.6 Å². The number of halogens is 3. The summed E-state index contributed by atoms with van der Waals surface area (Å²) in [6.07, 6.45) is -4.87. The lowest BCUT2D eigenvalue weighted by Crippen LogP contribution is -2.65. The van der Waals surface area contributed by atoms with Gasteiger partial charge in [0.1, 0.15) is 0 Å². The lowest BCUT2D eigenvalue weighted by Gasteiger charge is -2.51. The van der Waals surface area contributed by atoms with Crippen molar-refractivity contribution in [3.63, 3.8) is 0 Å². The molecule has 21 heavy (non-hydrogen) atoms. The summed E-state index contributed by atoms with van der Waals surface area (Å²) in [7, 11) is 0. The normalized spacial score (nSPS) is 26.8. The summed E-state index contributed by atoms with van der Waals surface area (Å²) in [4.78, 5) is 1.95. The predicted molar refractivity (Wildman–Crippen MR) is 78.1 cm³/mol. The van der Waals surface area contributed by atoms with Crippen molar-refractivity contribution in [2.75, 3.05) is 19.6 Å². The van der Waals surface area contributed by atoms with Gasteiger partial charge < -0.3 is 5.32 Å². The van der Waals surface area contributed by atoms with Crippen LogP contribution in [0.3, 0.4) is 0 Å². The Morgan fingerprint density at radius 3 is 2.33 bits per heavy atom. The molecular formula is C16H23F3N2. The lowest BCUT2D eigenvalue weighted by molar-refractivity contribution is -0.143. The molecule has 5 heteroatoms. The molecule has 1 aliphatic rings. The number of nitrogens with one attached hydrogen (secondary N) is 1. The van der Waals surface area contributed by atoms with E-state index in [1.54, 1.807) is 0 Å². The highest BCUT2D eigenvalue weighted by Crippen LogP contribution is 2.32. The van der Waals surface area contributed by atoms with Gasteiger partial charge in [-0.05, 0) is 26.3 Å². The van der Waals surface area contributed by atoms with Gasteiger partial charge in [-0.3, -0.25) is 4.90 Å². The fraction of sp³-hybridized carbons (Fsp3) is 0.625. The Kier molecular flexibility index (Phi) is 4.36. The molecule has 2 nitrogen and oxygen atoms in total. The van der Waals surface area contributed by atoms with Crippen LogP contribution in [0.2, 0.25) is 0 Å². The second-order valence-corrected chi connectivity index (χ2v) is 6.65. The zero-order valence-corrected chi connectivity index (χ0v) is 12.8. The van der Waals surface area contributed by atoms with E-state index in [0.717, 1.165) is 5.56 Å². The summed E-state index contributed by atoms with van der Waals surface area (Å²) < 4.78 is 37.6. The molecule has 1 heterocycles. The molecule has 0 bridgehead atoms. The number of hydrogen-bond donors (Lipinski definition) is 1. The number of hydrogen-bond acceptors (Lipinski definition) is 2. The highest BCUT2D eigenvalue weighted by molar-refractivity contribution is 5.25. The van der Waals surface area contributed by atoms with E-state index in [2.05, 4.69) is 12.2 Å². The van der Waals surface area contributed by atoms with Crippen molar-refractivity contribution in [3.8, 4) is 0 Å². The summed E-state index contributed by atoms with van der Waals surface area (Å²) in [6, 6.07) is 9.91. The maximum absolute atomic E-state index is 12.5.